The van der Waals surface area contributed by atoms with Crippen molar-refractivity contribution in [1.82, 2.24) is 19.9 Å². The molecule has 0 aliphatic heterocycles. The summed E-state index contributed by atoms with van der Waals surface area (Å²) in [5.74, 6) is -3.29. The predicted molar refractivity (Wildman–Crippen MR) is 61.3 cm³/mol. The number of nitrogens with one attached hydrogen (secondary N) is 2. The highest BCUT2D eigenvalue weighted by Gasteiger charge is 2.16. The summed E-state index contributed by atoms with van der Waals surface area (Å²) >= 11 is 0. The molecule has 0 amide bonds. The van der Waals surface area contributed by atoms with Crippen LogP contribution in [0.25, 0.3) is 11.2 Å². The van der Waals surface area contributed by atoms with E-state index in [2.05, 4.69) is 25.3 Å². The Morgan fingerprint density at radius 2 is 1.79 bits per heavy atom. The van der Waals surface area contributed by atoms with Gasteiger partial charge in [-0.2, -0.15) is 0 Å². The number of fused-ring (bicyclic) bond motifs is 1. The first-order valence-electron chi connectivity index (χ1n) is 5.21. The number of halogens is 3. The summed E-state index contributed by atoms with van der Waals surface area (Å²) in [5, 5.41) is 2.40. The predicted octanol–water partition coefficient (Wildman–Crippen LogP) is 2.51. The third-order valence-corrected chi connectivity index (χ3v) is 2.51. The molecule has 0 saturated carbocycles. The Bertz CT molecular complexity index is 755. The van der Waals surface area contributed by atoms with Crippen molar-refractivity contribution >= 4 is 22.7 Å². The van der Waals surface area contributed by atoms with E-state index in [0.717, 1.165) is 6.07 Å². The Labute approximate surface area is 104 Å². The van der Waals surface area contributed by atoms with E-state index >= 15 is 0 Å². The van der Waals surface area contributed by atoms with Gasteiger partial charge in [-0.25, -0.2) is 28.1 Å². The number of anilines is 2. The minimum Gasteiger partial charge on any atom is -0.340 e. The number of hydrogen-bond donors (Lipinski definition) is 2. The van der Waals surface area contributed by atoms with Gasteiger partial charge in [-0.3, -0.25) is 0 Å². The van der Waals surface area contributed by atoms with E-state index in [4.69, 9.17) is 0 Å². The number of aromatic amines is 1. The molecule has 3 rings (SSSR count). The van der Waals surface area contributed by atoms with Crippen LogP contribution < -0.4 is 5.32 Å². The minimum atomic E-state index is -1.31. The van der Waals surface area contributed by atoms with Crippen molar-refractivity contribution in [2.24, 2.45) is 0 Å². The van der Waals surface area contributed by atoms with Crippen molar-refractivity contribution in [2.75, 3.05) is 5.32 Å². The zero-order chi connectivity index (χ0) is 13.4. The molecule has 0 radical (unpaired) electrons. The first-order valence-corrected chi connectivity index (χ1v) is 5.21. The van der Waals surface area contributed by atoms with Crippen LogP contribution in [-0.4, -0.2) is 19.9 Å². The fourth-order valence-corrected chi connectivity index (χ4v) is 1.62. The van der Waals surface area contributed by atoms with Gasteiger partial charge in [-0.15, -0.1) is 0 Å². The van der Waals surface area contributed by atoms with E-state index in [9.17, 15) is 13.2 Å². The normalized spacial score (nSPS) is 10.9. The van der Waals surface area contributed by atoms with Gasteiger partial charge in [0.15, 0.2) is 23.1 Å². The molecule has 5 nitrogen and oxygen atoms in total. The van der Waals surface area contributed by atoms with Crippen LogP contribution in [0.2, 0.25) is 0 Å². The van der Waals surface area contributed by atoms with Crippen molar-refractivity contribution in [3.8, 4) is 0 Å². The van der Waals surface area contributed by atoms with Crippen molar-refractivity contribution in [3.63, 3.8) is 0 Å². The second-order valence-electron chi connectivity index (χ2n) is 3.67. The highest BCUT2D eigenvalue weighted by Crippen LogP contribution is 2.26. The van der Waals surface area contributed by atoms with Crippen molar-refractivity contribution in [2.45, 2.75) is 0 Å². The molecular formula is C11H6F3N5. The average molecular weight is 265 g/mol. The van der Waals surface area contributed by atoms with E-state index in [1.165, 1.54) is 12.7 Å². The van der Waals surface area contributed by atoms with Crippen LogP contribution in [-0.2, 0) is 0 Å². The zero-order valence-electron chi connectivity index (χ0n) is 9.28. The Morgan fingerprint density at radius 3 is 2.63 bits per heavy atom. The number of imidazole rings is 1. The minimum absolute atomic E-state index is 0.103. The molecule has 0 atom stereocenters. The van der Waals surface area contributed by atoms with Crippen LogP contribution in [0, 0.1) is 17.5 Å². The van der Waals surface area contributed by atoms with Crippen molar-refractivity contribution in [3.05, 3.63) is 42.2 Å². The molecule has 0 spiro atoms. The first-order chi connectivity index (χ1) is 9.16. The number of nitrogens with zero attached hydrogens (tertiary/aromatic N) is 3. The molecule has 1 aromatic carbocycles. The summed E-state index contributed by atoms with van der Waals surface area (Å²) in [6, 6.07) is 1.54. The molecule has 2 N–H and O–H groups in total. The molecule has 0 fully saturated rings. The number of rotatable bonds is 2. The number of benzene rings is 1. The standard InChI is InChI=1S/C11H6F3N5/c12-5-1-2-6(13)8(7(5)14)19-11-9-10(16-3-15-9)17-4-18-11/h1-4H,(H2,15,16,17,18,19). The van der Waals surface area contributed by atoms with E-state index in [-0.39, 0.29) is 5.82 Å². The summed E-state index contributed by atoms with van der Waals surface area (Å²) in [6.45, 7) is 0. The lowest BCUT2D eigenvalue weighted by Gasteiger charge is -2.08. The third-order valence-electron chi connectivity index (χ3n) is 2.51. The second kappa shape index (κ2) is 4.23. The van der Waals surface area contributed by atoms with Gasteiger partial charge in [-0.05, 0) is 12.1 Å². The molecule has 96 valence electrons. The summed E-state index contributed by atoms with van der Waals surface area (Å²) < 4.78 is 40.1. The van der Waals surface area contributed by atoms with Gasteiger partial charge in [0.05, 0.1) is 6.33 Å². The van der Waals surface area contributed by atoms with Crippen molar-refractivity contribution < 1.29 is 13.2 Å². The van der Waals surface area contributed by atoms with E-state index in [1.54, 1.807) is 0 Å². The molecular weight excluding hydrogens is 259 g/mol. The molecule has 0 unspecified atom stereocenters. The molecule has 0 aliphatic rings. The molecule has 0 bridgehead atoms. The van der Waals surface area contributed by atoms with Crippen LogP contribution in [0.1, 0.15) is 0 Å². The molecule has 3 aromatic rings. The Morgan fingerprint density at radius 1 is 1.00 bits per heavy atom. The van der Waals surface area contributed by atoms with Crippen LogP contribution in [0.4, 0.5) is 24.7 Å². The molecule has 0 saturated heterocycles. The Balaban J connectivity index is 2.11. The van der Waals surface area contributed by atoms with Gasteiger partial charge < -0.3 is 10.3 Å². The monoisotopic (exact) mass is 265 g/mol. The van der Waals surface area contributed by atoms with Gasteiger partial charge in [-0.1, -0.05) is 0 Å². The second-order valence-corrected chi connectivity index (χ2v) is 3.67. The third kappa shape index (κ3) is 1.86. The van der Waals surface area contributed by atoms with Gasteiger partial charge in [0.25, 0.3) is 0 Å². The maximum Gasteiger partial charge on any atom is 0.185 e. The smallest absolute Gasteiger partial charge is 0.185 e. The van der Waals surface area contributed by atoms with Crippen molar-refractivity contribution in [1.29, 1.82) is 0 Å². The quantitative estimate of drug-likeness (QED) is 0.699. The lowest BCUT2D eigenvalue weighted by molar-refractivity contribution is 0.500. The lowest BCUT2D eigenvalue weighted by atomic mass is 10.2. The van der Waals surface area contributed by atoms with E-state index < -0.39 is 23.1 Å². The van der Waals surface area contributed by atoms with Gasteiger partial charge in [0, 0.05) is 0 Å². The summed E-state index contributed by atoms with van der Waals surface area (Å²) in [5.41, 5.74) is 0.0786. The highest BCUT2D eigenvalue weighted by molar-refractivity contribution is 5.84. The topological polar surface area (TPSA) is 66.5 Å². The summed E-state index contributed by atoms with van der Waals surface area (Å²) in [7, 11) is 0. The number of H-pyrrole nitrogens is 1. The maximum atomic E-state index is 13.5. The summed E-state index contributed by atoms with van der Waals surface area (Å²) in [4.78, 5) is 14.3. The van der Waals surface area contributed by atoms with Crippen LogP contribution in [0.5, 0.6) is 0 Å². The Hall–Kier alpha value is -2.64. The maximum absolute atomic E-state index is 13.5. The zero-order valence-corrected chi connectivity index (χ0v) is 9.28. The summed E-state index contributed by atoms with van der Waals surface area (Å²) in [6.07, 6.45) is 2.55. The first kappa shape index (κ1) is 11.5. The van der Waals surface area contributed by atoms with Crippen LogP contribution in [0.3, 0.4) is 0 Å². The largest absolute Gasteiger partial charge is 0.340 e. The number of hydrogen-bond acceptors (Lipinski definition) is 4. The molecule has 0 aliphatic carbocycles. The average Bonchev–Trinajstić information content (AvgIpc) is 2.88. The number of aromatic nitrogens is 4. The lowest BCUT2D eigenvalue weighted by Crippen LogP contribution is -2.02. The molecule has 2 aromatic heterocycles. The molecule has 19 heavy (non-hydrogen) atoms. The SMILES string of the molecule is Fc1ccc(F)c(Nc2ncnc3nc[nH]c23)c1F. The van der Waals surface area contributed by atoms with E-state index in [0.29, 0.717) is 17.2 Å². The van der Waals surface area contributed by atoms with E-state index in [1.807, 2.05) is 0 Å². The molecule has 8 heteroatoms. The molecule has 2 heterocycles. The fourth-order valence-electron chi connectivity index (χ4n) is 1.62. The van der Waals surface area contributed by atoms with Crippen LogP contribution in [0.15, 0.2) is 24.8 Å². The highest BCUT2D eigenvalue weighted by atomic mass is 19.2. The van der Waals surface area contributed by atoms with Gasteiger partial charge >= 0.3 is 0 Å². The van der Waals surface area contributed by atoms with Crippen LogP contribution >= 0.6 is 0 Å². The van der Waals surface area contributed by atoms with Gasteiger partial charge in [0.2, 0.25) is 0 Å². The van der Waals surface area contributed by atoms with Gasteiger partial charge in [0.1, 0.15) is 23.3 Å². The Kier molecular flexibility index (Phi) is 2.55. The fraction of sp³-hybridized carbons (Fsp3) is 0.